The fourth-order valence-electron chi connectivity index (χ4n) is 3.52. The van der Waals surface area contributed by atoms with Crippen LogP contribution >= 0.6 is 0 Å². The molecule has 2 heterocycles. The van der Waals surface area contributed by atoms with E-state index >= 15 is 0 Å². The quantitative estimate of drug-likeness (QED) is 0.824. The Labute approximate surface area is 130 Å². The van der Waals surface area contributed by atoms with Crippen LogP contribution in [0.2, 0.25) is 0 Å². The zero-order valence-corrected chi connectivity index (χ0v) is 12.0. The Kier molecular flexibility index (Phi) is 2.84. The zero-order chi connectivity index (χ0) is 16.3. The van der Waals surface area contributed by atoms with Gasteiger partial charge in [-0.15, -0.1) is 0 Å². The van der Waals surface area contributed by atoms with E-state index in [9.17, 15) is 18.8 Å². The summed E-state index contributed by atoms with van der Waals surface area (Å²) in [6.45, 7) is 0.540. The number of ether oxygens (including phenoxy) is 1. The number of nitrogens with two attached hydrogens (primary N) is 1. The van der Waals surface area contributed by atoms with E-state index in [-0.39, 0.29) is 30.2 Å². The summed E-state index contributed by atoms with van der Waals surface area (Å²) in [5.74, 6) is -1.33. The second-order valence-electron chi connectivity index (χ2n) is 6.05. The van der Waals surface area contributed by atoms with Crippen molar-refractivity contribution in [2.24, 2.45) is 17.6 Å². The van der Waals surface area contributed by atoms with Crippen molar-refractivity contribution in [2.45, 2.75) is 12.0 Å². The van der Waals surface area contributed by atoms with E-state index in [1.807, 2.05) is 0 Å². The van der Waals surface area contributed by atoms with E-state index in [4.69, 9.17) is 10.5 Å². The predicted octanol–water partition coefficient (Wildman–Crippen LogP) is 0.0956. The summed E-state index contributed by atoms with van der Waals surface area (Å²) in [5, 5.41) is 2.74. The minimum Gasteiger partial charge on any atom is -0.434 e. The number of rotatable bonds is 3. The number of hydrogen-bond acceptors (Lipinski definition) is 4. The lowest BCUT2D eigenvalue weighted by Crippen LogP contribution is -2.32. The summed E-state index contributed by atoms with van der Waals surface area (Å²) in [4.78, 5) is 35.6. The highest BCUT2D eigenvalue weighted by molar-refractivity contribution is 5.95. The predicted molar refractivity (Wildman–Crippen MR) is 75.9 cm³/mol. The van der Waals surface area contributed by atoms with Crippen LogP contribution in [0.25, 0.3) is 0 Å². The highest BCUT2D eigenvalue weighted by Crippen LogP contribution is 2.57. The molecule has 0 spiro atoms. The third-order valence-electron chi connectivity index (χ3n) is 4.77. The molecule has 0 aromatic heterocycles. The molecule has 3 amide bonds. The van der Waals surface area contributed by atoms with Gasteiger partial charge in [0.15, 0.2) is 6.10 Å². The summed E-state index contributed by atoms with van der Waals surface area (Å²) in [6, 6.07) is 4.41. The number of nitrogens with zero attached hydrogens (tertiary/aromatic N) is 1. The summed E-state index contributed by atoms with van der Waals surface area (Å²) >= 11 is 0. The molecule has 2 saturated heterocycles. The van der Waals surface area contributed by atoms with Crippen molar-refractivity contribution in [2.75, 3.05) is 18.0 Å². The maximum absolute atomic E-state index is 14.4. The molecule has 23 heavy (non-hydrogen) atoms. The molecule has 1 aromatic rings. The van der Waals surface area contributed by atoms with Crippen LogP contribution < -0.4 is 16.0 Å². The number of benzene rings is 1. The molecule has 7 nitrogen and oxygen atoms in total. The van der Waals surface area contributed by atoms with Crippen LogP contribution in [0, 0.1) is 17.7 Å². The number of anilines is 1. The molecule has 1 aromatic carbocycles. The first-order valence-corrected chi connectivity index (χ1v) is 7.32. The Morgan fingerprint density at radius 2 is 2.13 bits per heavy atom. The number of cyclic esters (lactones) is 1. The van der Waals surface area contributed by atoms with Crippen LogP contribution in [-0.2, 0) is 14.3 Å². The molecule has 0 bridgehead atoms. The van der Waals surface area contributed by atoms with Gasteiger partial charge in [-0.1, -0.05) is 6.07 Å². The van der Waals surface area contributed by atoms with Gasteiger partial charge >= 0.3 is 6.09 Å². The molecule has 1 saturated carbocycles. The first-order chi connectivity index (χ1) is 11.0. The standard InChI is InChI=1S/C15H14FN3O4/c16-9-3-6(19-5-10(13(17)20)23-15(19)22)1-2-7(9)11-8-4-18-14(21)12(8)11/h1-3,8,10-12H,4-5H2,(H2,17,20)(H,18,21)/t8?,10-,11?,12?/m1/s1. The number of fused-ring (bicyclic) bond motifs is 1. The molecule has 3 fully saturated rings. The maximum atomic E-state index is 14.4. The van der Waals surface area contributed by atoms with Crippen molar-refractivity contribution >= 4 is 23.6 Å². The average Bonchev–Trinajstić information content (AvgIpc) is 2.87. The first kappa shape index (κ1) is 14.0. The number of piperidine rings is 1. The molecular weight excluding hydrogens is 305 g/mol. The van der Waals surface area contributed by atoms with Crippen LogP contribution in [-0.4, -0.2) is 37.1 Å². The molecule has 4 atom stereocenters. The van der Waals surface area contributed by atoms with Gasteiger partial charge in [0.2, 0.25) is 5.91 Å². The lowest BCUT2D eigenvalue weighted by molar-refractivity contribution is -0.124. The minimum absolute atomic E-state index is 0.0316. The first-order valence-electron chi connectivity index (χ1n) is 7.32. The molecule has 2 aliphatic heterocycles. The van der Waals surface area contributed by atoms with Crippen LogP contribution in [0.1, 0.15) is 11.5 Å². The molecule has 0 radical (unpaired) electrons. The molecule has 8 heteroatoms. The van der Waals surface area contributed by atoms with Gasteiger partial charge in [-0.05, 0) is 23.6 Å². The Morgan fingerprint density at radius 1 is 1.35 bits per heavy atom. The summed E-state index contributed by atoms with van der Waals surface area (Å²) in [6.07, 6.45) is -1.76. The molecule has 1 aliphatic carbocycles. The van der Waals surface area contributed by atoms with E-state index in [0.717, 1.165) is 0 Å². The number of amides is 3. The Bertz CT molecular complexity index is 737. The molecular formula is C15H14FN3O4. The van der Waals surface area contributed by atoms with E-state index < -0.39 is 23.9 Å². The lowest BCUT2D eigenvalue weighted by atomic mass is 10.1. The third kappa shape index (κ3) is 2.05. The number of hydrogen-bond donors (Lipinski definition) is 2. The van der Waals surface area contributed by atoms with Gasteiger partial charge in [-0.25, -0.2) is 9.18 Å². The summed E-state index contributed by atoms with van der Waals surface area (Å²) in [5.41, 5.74) is 5.90. The largest absolute Gasteiger partial charge is 0.434 e. The lowest BCUT2D eigenvalue weighted by Gasteiger charge is -2.14. The van der Waals surface area contributed by atoms with E-state index in [0.29, 0.717) is 17.8 Å². The van der Waals surface area contributed by atoms with Crippen LogP contribution in [0.5, 0.6) is 0 Å². The second kappa shape index (κ2) is 4.68. The monoisotopic (exact) mass is 319 g/mol. The number of carbonyl (C=O) groups is 3. The van der Waals surface area contributed by atoms with Gasteiger partial charge in [-0.2, -0.15) is 0 Å². The average molecular weight is 319 g/mol. The van der Waals surface area contributed by atoms with Crippen molar-refractivity contribution in [1.29, 1.82) is 0 Å². The van der Waals surface area contributed by atoms with Crippen molar-refractivity contribution in [3.8, 4) is 0 Å². The Morgan fingerprint density at radius 3 is 2.70 bits per heavy atom. The van der Waals surface area contributed by atoms with Crippen molar-refractivity contribution in [3.63, 3.8) is 0 Å². The maximum Gasteiger partial charge on any atom is 0.415 e. The van der Waals surface area contributed by atoms with Crippen LogP contribution in [0.4, 0.5) is 14.9 Å². The smallest absolute Gasteiger partial charge is 0.415 e. The molecule has 3 unspecified atom stereocenters. The van der Waals surface area contributed by atoms with Crippen molar-refractivity contribution in [3.05, 3.63) is 29.6 Å². The van der Waals surface area contributed by atoms with Crippen LogP contribution in [0.3, 0.4) is 0 Å². The Hall–Kier alpha value is -2.64. The molecule has 120 valence electrons. The van der Waals surface area contributed by atoms with E-state index in [1.54, 1.807) is 12.1 Å². The van der Waals surface area contributed by atoms with E-state index in [2.05, 4.69) is 5.32 Å². The zero-order valence-electron chi connectivity index (χ0n) is 12.0. The molecule has 3 aliphatic rings. The topological polar surface area (TPSA) is 102 Å². The highest BCUT2D eigenvalue weighted by Gasteiger charge is 2.59. The number of halogens is 1. The third-order valence-corrected chi connectivity index (χ3v) is 4.77. The van der Waals surface area contributed by atoms with Crippen molar-refractivity contribution < 1.29 is 23.5 Å². The Balaban J connectivity index is 1.56. The second-order valence-corrected chi connectivity index (χ2v) is 6.05. The normalized spacial score (nSPS) is 31.6. The van der Waals surface area contributed by atoms with Crippen molar-refractivity contribution in [1.82, 2.24) is 5.32 Å². The highest BCUT2D eigenvalue weighted by atomic mass is 19.1. The minimum atomic E-state index is -1.03. The number of nitrogens with one attached hydrogen (secondary N) is 1. The van der Waals surface area contributed by atoms with E-state index in [1.165, 1.54) is 11.0 Å². The summed E-state index contributed by atoms with van der Waals surface area (Å²) in [7, 11) is 0. The van der Waals surface area contributed by atoms with Gasteiger partial charge in [-0.3, -0.25) is 14.5 Å². The fraction of sp³-hybridized carbons (Fsp3) is 0.400. The number of primary amides is 1. The SMILES string of the molecule is NC(=O)[C@H]1CN(c2ccc(C3C4CNC(=O)C43)c(F)c2)C(=O)O1. The van der Waals surface area contributed by atoms with Gasteiger partial charge in [0.25, 0.3) is 5.91 Å². The fourth-order valence-corrected chi connectivity index (χ4v) is 3.52. The molecule has 4 rings (SSSR count). The number of carbonyl (C=O) groups excluding carboxylic acids is 3. The molecule has 3 N–H and O–H groups in total. The van der Waals surface area contributed by atoms with Gasteiger partial charge < -0.3 is 15.8 Å². The van der Waals surface area contributed by atoms with Gasteiger partial charge in [0.1, 0.15) is 5.82 Å². The van der Waals surface area contributed by atoms with Gasteiger partial charge in [0, 0.05) is 12.5 Å². The van der Waals surface area contributed by atoms with Gasteiger partial charge in [0.05, 0.1) is 18.2 Å². The summed E-state index contributed by atoms with van der Waals surface area (Å²) < 4.78 is 19.2. The van der Waals surface area contributed by atoms with Crippen LogP contribution in [0.15, 0.2) is 18.2 Å².